The number of benzene rings is 1. The molecule has 0 aliphatic rings. The molecule has 8 heteroatoms. The largest absolute Gasteiger partial charge is 0.423 e. The minimum Gasteiger partial charge on any atom is -0.423 e. The molecule has 0 saturated carbocycles. The van der Waals surface area contributed by atoms with E-state index in [0.29, 0.717) is 25.1 Å². The van der Waals surface area contributed by atoms with Gasteiger partial charge in [-0.3, -0.25) is 0 Å². The Balaban J connectivity index is 2.25. The van der Waals surface area contributed by atoms with Gasteiger partial charge in [0.15, 0.2) is 0 Å². The van der Waals surface area contributed by atoms with Gasteiger partial charge >= 0.3 is 6.18 Å². The molecule has 0 bridgehead atoms. The minimum absolute atomic E-state index is 0.00442. The average molecular weight is 300 g/mol. The van der Waals surface area contributed by atoms with Gasteiger partial charge in [0, 0.05) is 17.8 Å². The van der Waals surface area contributed by atoms with Gasteiger partial charge in [0.25, 0.3) is 0 Å². The zero-order valence-corrected chi connectivity index (χ0v) is 11.2. The first-order valence-corrected chi connectivity index (χ1v) is 6.44. The predicted octanol–water partition coefficient (Wildman–Crippen LogP) is 2.91. The molecule has 1 aromatic heterocycles. The van der Waals surface area contributed by atoms with Crippen molar-refractivity contribution in [1.82, 2.24) is 10.2 Å². The van der Waals surface area contributed by atoms with E-state index in [1.807, 2.05) is 0 Å². The normalized spacial score (nSPS) is 11.6. The molecular weight excluding hydrogens is 285 g/mol. The van der Waals surface area contributed by atoms with E-state index in [1.54, 1.807) is 0 Å². The summed E-state index contributed by atoms with van der Waals surface area (Å²) in [4.78, 5) is 0. The maximum absolute atomic E-state index is 13.0. The lowest BCUT2D eigenvalue weighted by Crippen LogP contribution is -2.12. The summed E-state index contributed by atoms with van der Waals surface area (Å²) in [5, 5.41) is 9.99. The molecule has 3 N–H and O–H groups in total. The van der Waals surface area contributed by atoms with Crippen molar-refractivity contribution in [1.29, 1.82) is 0 Å². The van der Waals surface area contributed by atoms with Gasteiger partial charge in [0.1, 0.15) is 0 Å². The van der Waals surface area contributed by atoms with Gasteiger partial charge in [-0.15, -0.1) is 10.2 Å². The van der Waals surface area contributed by atoms with Crippen molar-refractivity contribution in [2.24, 2.45) is 5.73 Å². The van der Waals surface area contributed by atoms with E-state index in [0.717, 1.165) is 18.9 Å². The zero-order chi connectivity index (χ0) is 15.3. The first kappa shape index (κ1) is 15.3. The van der Waals surface area contributed by atoms with Crippen LogP contribution in [0.3, 0.4) is 0 Å². The van der Waals surface area contributed by atoms with Gasteiger partial charge in [-0.1, -0.05) is 0 Å². The van der Waals surface area contributed by atoms with Crippen molar-refractivity contribution in [3.05, 3.63) is 30.2 Å². The van der Waals surface area contributed by atoms with E-state index in [-0.39, 0.29) is 11.6 Å². The average Bonchev–Trinajstić information content (AvgIpc) is 2.96. The molecule has 0 aliphatic carbocycles. The van der Waals surface area contributed by atoms with Crippen LogP contribution in [0.1, 0.15) is 18.4 Å². The molecule has 2 rings (SSSR count). The summed E-state index contributed by atoms with van der Waals surface area (Å²) in [5.41, 5.74) is 5.06. The van der Waals surface area contributed by atoms with Crippen LogP contribution in [0.15, 0.2) is 29.0 Å². The van der Waals surface area contributed by atoms with Crippen molar-refractivity contribution in [2.75, 3.05) is 18.4 Å². The summed E-state index contributed by atoms with van der Waals surface area (Å²) in [7, 11) is 0. The number of alkyl halides is 3. The molecule has 21 heavy (non-hydrogen) atoms. The Morgan fingerprint density at radius 2 is 2.05 bits per heavy atom. The fourth-order valence-electron chi connectivity index (χ4n) is 1.86. The van der Waals surface area contributed by atoms with Crippen LogP contribution in [0.4, 0.5) is 18.9 Å². The van der Waals surface area contributed by atoms with Gasteiger partial charge in [0.05, 0.1) is 5.56 Å². The fourth-order valence-corrected chi connectivity index (χ4v) is 1.86. The summed E-state index contributed by atoms with van der Waals surface area (Å²) < 4.78 is 44.0. The Morgan fingerprint density at radius 3 is 2.67 bits per heavy atom. The van der Waals surface area contributed by atoms with E-state index < -0.39 is 11.7 Å². The minimum atomic E-state index is -4.43. The van der Waals surface area contributed by atoms with Crippen LogP contribution in [0.2, 0.25) is 0 Å². The second kappa shape index (κ2) is 6.57. The number of hydrogen-bond acceptors (Lipinski definition) is 5. The molecule has 1 heterocycles. The third kappa shape index (κ3) is 3.94. The summed E-state index contributed by atoms with van der Waals surface area (Å²) in [6.45, 7) is 0.920. The van der Waals surface area contributed by atoms with E-state index in [9.17, 15) is 13.2 Å². The first-order valence-electron chi connectivity index (χ1n) is 6.44. The molecule has 0 atom stereocenters. The molecule has 114 valence electrons. The van der Waals surface area contributed by atoms with E-state index in [4.69, 9.17) is 10.2 Å². The molecule has 2 aromatic rings. The molecule has 1 aromatic carbocycles. The highest BCUT2D eigenvalue weighted by Crippen LogP contribution is 2.36. The van der Waals surface area contributed by atoms with Crippen molar-refractivity contribution in [2.45, 2.75) is 19.0 Å². The first-order chi connectivity index (χ1) is 10.0. The zero-order valence-electron chi connectivity index (χ0n) is 11.2. The molecule has 0 saturated heterocycles. The molecule has 0 spiro atoms. The molecule has 0 amide bonds. The molecule has 5 nitrogen and oxygen atoms in total. The number of anilines is 1. The van der Waals surface area contributed by atoms with Gasteiger partial charge in [-0.05, 0) is 37.6 Å². The van der Waals surface area contributed by atoms with Crippen LogP contribution in [0, 0.1) is 0 Å². The van der Waals surface area contributed by atoms with Crippen LogP contribution in [-0.4, -0.2) is 23.3 Å². The van der Waals surface area contributed by atoms with Crippen molar-refractivity contribution >= 4 is 5.69 Å². The van der Waals surface area contributed by atoms with Crippen LogP contribution >= 0.6 is 0 Å². The standard InChI is InChI=1S/C13H15F3N4O/c14-13(15,16)10-4-3-9(12-20-19-8-21-12)7-11(10)18-6-2-1-5-17/h3-4,7-8,18H,1-2,5-6,17H2. The summed E-state index contributed by atoms with van der Waals surface area (Å²) in [6, 6.07) is 3.67. The number of aromatic nitrogens is 2. The van der Waals surface area contributed by atoms with Crippen LogP contribution in [0.5, 0.6) is 0 Å². The second-order valence-corrected chi connectivity index (χ2v) is 4.42. The highest BCUT2D eigenvalue weighted by atomic mass is 19.4. The number of rotatable bonds is 6. The Kier molecular flexibility index (Phi) is 4.79. The molecule has 0 unspecified atom stereocenters. The van der Waals surface area contributed by atoms with Gasteiger partial charge in [-0.25, -0.2) is 0 Å². The SMILES string of the molecule is NCCCCNc1cc(-c2nnco2)ccc1C(F)(F)F. The van der Waals surface area contributed by atoms with E-state index in [2.05, 4.69) is 15.5 Å². The van der Waals surface area contributed by atoms with E-state index >= 15 is 0 Å². The van der Waals surface area contributed by atoms with E-state index in [1.165, 1.54) is 12.1 Å². The van der Waals surface area contributed by atoms with Gasteiger partial charge in [0.2, 0.25) is 12.3 Å². The Morgan fingerprint density at radius 1 is 1.24 bits per heavy atom. The van der Waals surface area contributed by atoms with Crippen LogP contribution < -0.4 is 11.1 Å². The summed E-state index contributed by atoms with van der Waals surface area (Å²) in [6.07, 6.45) is -1.86. The lowest BCUT2D eigenvalue weighted by atomic mass is 10.1. The second-order valence-electron chi connectivity index (χ2n) is 4.42. The van der Waals surface area contributed by atoms with Gasteiger partial charge in [-0.2, -0.15) is 13.2 Å². The van der Waals surface area contributed by atoms with Gasteiger partial charge < -0.3 is 15.5 Å². The van der Waals surface area contributed by atoms with Crippen molar-refractivity contribution < 1.29 is 17.6 Å². The van der Waals surface area contributed by atoms with Crippen LogP contribution in [0.25, 0.3) is 11.5 Å². The quantitative estimate of drug-likeness (QED) is 0.802. The Labute approximate surface area is 119 Å². The number of halogens is 3. The highest BCUT2D eigenvalue weighted by molar-refractivity contribution is 5.65. The number of hydrogen-bond donors (Lipinski definition) is 2. The van der Waals surface area contributed by atoms with Crippen LogP contribution in [-0.2, 0) is 6.18 Å². The predicted molar refractivity (Wildman–Crippen MR) is 71.5 cm³/mol. The monoisotopic (exact) mass is 300 g/mol. The Bertz CT molecular complexity index is 569. The number of nitrogens with zero attached hydrogens (tertiary/aromatic N) is 2. The number of nitrogens with two attached hydrogens (primary N) is 1. The fraction of sp³-hybridized carbons (Fsp3) is 0.385. The third-order valence-electron chi connectivity index (χ3n) is 2.88. The molecule has 0 radical (unpaired) electrons. The lowest BCUT2D eigenvalue weighted by Gasteiger charge is -2.15. The third-order valence-corrected chi connectivity index (χ3v) is 2.88. The summed E-state index contributed by atoms with van der Waals surface area (Å²) in [5.74, 6) is 0.175. The molecule has 0 fully saturated rings. The number of nitrogens with one attached hydrogen (secondary N) is 1. The molecular formula is C13H15F3N4O. The molecule has 0 aliphatic heterocycles. The smallest absolute Gasteiger partial charge is 0.418 e. The Hall–Kier alpha value is -2.09. The van der Waals surface area contributed by atoms with Crippen molar-refractivity contribution in [3.63, 3.8) is 0 Å². The maximum Gasteiger partial charge on any atom is 0.418 e. The lowest BCUT2D eigenvalue weighted by molar-refractivity contribution is -0.136. The summed E-state index contributed by atoms with van der Waals surface area (Å²) >= 11 is 0. The topological polar surface area (TPSA) is 77.0 Å². The maximum atomic E-state index is 13.0. The van der Waals surface area contributed by atoms with Crippen molar-refractivity contribution in [3.8, 4) is 11.5 Å². The highest BCUT2D eigenvalue weighted by Gasteiger charge is 2.33. The number of unbranched alkanes of at least 4 members (excludes halogenated alkanes) is 1.